The van der Waals surface area contributed by atoms with E-state index in [2.05, 4.69) is 29.0 Å². The molecular formula is C15H25N3O2. The number of hydrogen-bond acceptors (Lipinski definition) is 5. The zero-order valence-corrected chi connectivity index (χ0v) is 13.1. The first-order chi connectivity index (χ1) is 9.43. The number of aliphatic hydroxyl groups excluding tert-OH is 1. The molecule has 0 unspecified atom stereocenters. The molecule has 0 atom stereocenters. The molecule has 1 rings (SSSR count). The molecule has 0 aliphatic carbocycles. The molecular weight excluding hydrogens is 254 g/mol. The summed E-state index contributed by atoms with van der Waals surface area (Å²) in [6.07, 6.45) is 3.67. The third-order valence-corrected chi connectivity index (χ3v) is 3.08. The van der Waals surface area contributed by atoms with Crippen LogP contribution in [0.5, 0.6) is 0 Å². The summed E-state index contributed by atoms with van der Waals surface area (Å²) in [5.74, 6) is 0.598. The second-order valence-electron chi connectivity index (χ2n) is 5.65. The summed E-state index contributed by atoms with van der Waals surface area (Å²) in [4.78, 5) is 14.1. The maximum Gasteiger partial charge on any atom is 0.177 e. The molecule has 0 amide bonds. The van der Waals surface area contributed by atoms with Crippen molar-refractivity contribution in [1.29, 1.82) is 0 Å². The average Bonchev–Trinajstić information content (AvgIpc) is 2.46. The highest BCUT2D eigenvalue weighted by molar-refractivity contribution is 5.94. The van der Waals surface area contributed by atoms with E-state index in [4.69, 9.17) is 9.94 Å². The first kappa shape index (κ1) is 16.6. The zero-order chi connectivity index (χ0) is 15.2. The van der Waals surface area contributed by atoms with E-state index >= 15 is 0 Å². The van der Waals surface area contributed by atoms with Crippen molar-refractivity contribution in [3.05, 3.63) is 23.3 Å². The van der Waals surface area contributed by atoms with E-state index in [1.807, 2.05) is 27.0 Å². The van der Waals surface area contributed by atoms with Crippen molar-refractivity contribution < 1.29 is 9.94 Å². The molecule has 1 aromatic rings. The molecule has 0 radical (unpaired) electrons. The molecule has 0 fully saturated rings. The molecule has 5 heteroatoms. The fourth-order valence-corrected chi connectivity index (χ4v) is 1.61. The van der Waals surface area contributed by atoms with Crippen molar-refractivity contribution in [3.63, 3.8) is 0 Å². The Labute approximate surface area is 121 Å². The van der Waals surface area contributed by atoms with Gasteiger partial charge < -0.3 is 9.94 Å². The van der Waals surface area contributed by atoms with Gasteiger partial charge in [0.15, 0.2) is 5.82 Å². The van der Waals surface area contributed by atoms with Crippen molar-refractivity contribution in [1.82, 2.24) is 9.97 Å². The Kier molecular flexibility index (Phi) is 6.07. The van der Waals surface area contributed by atoms with Crippen molar-refractivity contribution in [3.8, 4) is 0 Å². The van der Waals surface area contributed by atoms with Gasteiger partial charge in [-0.1, -0.05) is 32.9 Å². The summed E-state index contributed by atoms with van der Waals surface area (Å²) in [6.45, 7) is 10.2. The van der Waals surface area contributed by atoms with Crippen LogP contribution in [-0.2, 0) is 17.7 Å². The fourth-order valence-electron chi connectivity index (χ4n) is 1.61. The van der Waals surface area contributed by atoms with Gasteiger partial charge in [0.1, 0.15) is 12.3 Å². The van der Waals surface area contributed by atoms with E-state index in [-0.39, 0.29) is 12.0 Å². The van der Waals surface area contributed by atoms with Gasteiger partial charge in [-0.25, -0.2) is 9.97 Å². The van der Waals surface area contributed by atoms with Gasteiger partial charge in [0.05, 0.1) is 6.61 Å². The summed E-state index contributed by atoms with van der Waals surface area (Å²) in [7, 11) is 0. The van der Waals surface area contributed by atoms with Crippen LogP contribution in [0.4, 0.5) is 0 Å². The van der Waals surface area contributed by atoms with Crippen LogP contribution in [0.1, 0.15) is 51.7 Å². The van der Waals surface area contributed by atoms with Gasteiger partial charge in [-0.15, -0.1) is 0 Å². The smallest absolute Gasteiger partial charge is 0.177 e. The molecule has 0 saturated heterocycles. The molecule has 5 nitrogen and oxygen atoms in total. The van der Waals surface area contributed by atoms with Crippen LogP contribution in [0.3, 0.4) is 0 Å². The number of oxime groups is 1. The Morgan fingerprint density at radius 3 is 2.60 bits per heavy atom. The molecule has 0 saturated carbocycles. The summed E-state index contributed by atoms with van der Waals surface area (Å²) in [5.41, 5.74) is 2.58. The van der Waals surface area contributed by atoms with E-state index in [0.717, 1.165) is 18.5 Å². The van der Waals surface area contributed by atoms with Crippen LogP contribution in [-0.4, -0.2) is 34.0 Å². The van der Waals surface area contributed by atoms with Crippen LogP contribution in [0.15, 0.2) is 11.4 Å². The van der Waals surface area contributed by atoms with E-state index in [9.17, 15) is 0 Å². The highest BCUT2D eigenvalue weighted by Gasteiger charge is 2.17. The molecule has 0 aliphatic heterocycles. The molecule has 112 valence electrons. The van der Waals surface area contributed by atoms with Crippen molar-refractivity contribution >= 4 is 5.71 Å². The predicted octanol–water partition coefficient (Wildman–Crippen LogP) is 2.36. The maximum atomic E-state index is 9.15. The third-order valence-electron chi connectivity index (χ3n) is 3.08. The first-order valence-electron chi connectivity index (χ1n) is 7.06. The van der Waals surface area contributed by atoms with Crippen LogP contribution < -0.4 is 0 Å². The van der Waals surface area contributed by atoms with Gasteiger partial charge in [-0.05, 0) is 25.3 Å². The lowest BCUT2D eigenvalue weighted by molar-refractivity contribution is 0.0312. The van der Waals surface area contributed by atoms with Gasteiger partial charge in [0.2, 0.25) is 0 Å². The Bertz CT molecular complexity index is 470. The lowest BCUT2D eigenvalue weighted by atomic mass is 9.97. The summed E-state index contributed by atoms with van der Waals surface area (Å²) >= 11 is 0. The minimum absolute atomic E-state index is 0.0588. The molecule has 0 aliphatic rings. The monoisotopic (exact) mass is 279 g/mol. The van der Waals surface area contributed by atoms with Crippen molar-refractivity contribution in [2.75, 3.05) is 13.2 Å². The largest absolute Gasteiger partial charge is 0.396 e. The summed E-state index contributed by atoms with van der Waals surface area (Å²) in [6, 6.07) is 0. The SMILES string of the molecule is CCc1cnc(/C(C)=N/OCC(C)(C)CO)nc1CC. The minimum Gasteiger partial charge on any atom is -0.396 e. The lowest BCUT2D eigenvalue weighted by Gasteiger charge is -2.19. The number of rotatable bonds is 7. The van der Waals surface area contributed by atoms with E-state index < -0.39 is 0 Å². The second kappa shape index (κ2) is 7.33. The Hall–Kier alpha value is -1.49. The number of aromatic nitrogens is 2. The average molecular weight is 279 g/mol. The van der Waals surface area contributed by atoms with Crippen LogP contribution in [0.25, 0.3) is 0 Å². The molecule has 1 heterocycles. The molecule has 1 aromatic heterocycles. The lowest BCUT2D eigenvalue weighted by Crippen LogP contribution is -2.22. The third kappa shape index (κ3) is 4.56. The molecule has 0 aromatic carbocycles. The Morgan fingerprint density at radius 1 is 1.35 bits per heavy atom. The highest BCUT2D eigenvalue weighted by atomic mass is 16.6. The van der Waals surface area contributed by atoms with Crippen LogP contribution >= 0.6 is 0 Å². The normalized spacial score (nSPS) is 12.6. The second-order valence-corrected chi connectivity index (χ2v) is 5.65. The standard InChI is InChI=1S/C15H25N3O2/c1-6-12-8-16-14(17-13(12)7-2)11(3)18-20-10-15(4,5)9-19/h8,19H,6-7,9-10H2,1-5H3/b18-11+. The van der Waals surface area contributed by atoms with Crippen LogP contribution in [0, 0.1) is 5.41 Å². The van der Waals surface area contributed by atoms with Gasteiger partial charge in [-0.2, -0.15) is 0 Å². The number of aryl methyl sites for hydroxylation is 2. The number of aliphatic hydroxyl groups is 1. The summed E-state index contributed by atoms with van der Waals surface area (Å²) in [5, 5.41) is 13.2. The van der Waals surface area contributed by atoms with E-state index in [1.54, 1.807) is 0 Å². The van der Waals surface area contributed by atoms with Gasteiger partial charge in [0, 0.05) is 17.3 Å². The van der Waals surface area contributed by atoms with Gasteiger partial charge in [-0.3, -0.25) is 0 Å². The maximum absolute atomic E-state index is 9.15. The van der Waals surface area contributed by atoms with Crippen molar-refractivity contribution in [2.24, 2.45) is 10.6 Å². The zero-order valence-electron chi connectivity index (χ0n) is 13.1. The summed E-state index contributed by atoms with van der Waals surface area (Å²) < 4.78 is 0. The molecule has 20 heavy (non-hydrogen) atoms. The van der Waals surface area contributed by atoms with E-state index in [1.165, 1.54) is 5.56 Å². The molecule has 1 N–H and O–H groups in total. The van der Waals surface area contributed by atoms with E-state index in [0.29, 0.717) is 18.1 Å². The number of nitrogens with zero attached hydrogens (tertiary/aromatic N) is 3. The van der Waals surface area contributed by atoms with Gasteiger partial charge in [0.25, 0.3) is 0 Å². The topological polar surface area (TPSA) is 67.6 Å². The molecule has 0 bridgehead atoms. The quantitative estimate of drug-likeness (QED) is 0.614. The van der Waals surface area contributed by atoms with Gasteiger partial charge >= 0.3 is 0 Å². The molecule has 0 spiro atoms. The number of hydrogen-bond donors (Lipinski definition) is 1. The van der Waals surface area contributed by atoms with Crippen LogP contribution in [0.2, 0.25) is 0 Å². The Morgan fingerprint density at radius 2 is 2.05 bits per heavy atom. The Balaban J connectivity index is 2.79. The van der Waals surface area contributed by atoms with Crippen molar-refractivity contribution in [2.45, 2.75) is 47.5 Å². The first-order valence-corrected chi connectivity index (χ1v) is 7.06. The minimum atomic E-state index is -0.300. The highest BCUT2D eigenvalue weighted by Crippen LogP contribution is 2.14. The fraction of sp³-hybridized carbons (Fsp3) is 0.667. The predicted molar refractivity (Wildman–Crippen MR) is 79.8 cm³/mol.